The lowest BCUT2D eigenvalue weighted by Gasteiger charge is -2.30. The molecule has 1 aliphatic carbocycles. The van der Waals surface area contributed by atoms with Crippen molar-refractivity contribution in [3.05, 3.63) is 35.5 Å². The van der Waals surface area contributed by atoms with E-state index in [1.54, 1.807) is 0 Å². The van der Waals surface area contributed by atoms with Gasteiger partial charge in [-0.05, 0) is 62.1 Å². The average molecular weight is 378 g/mol. The Hall–Kier alpha value is -2.25. The third-order valence-corrected chi connectivity index (χ3v) is 6.12. The summed E-state index contributed by atoms with van der Waals surface area (Å²) in [6.45, 7) is 7.07. The largest absolute Gasteiger partial charge is 0.352 e. The number of hydrogen-bond acceptors (Lipinski definition) is 2. The second-order valence-corrected chi connectivity index (χ2v) is 8.69. The van der Waals surface area contributed by atoms with E-state index in [4.69, 9.17) is 0 Å². The van der Waals surface area contributed by atoms with Gasteiger partial charge in [0.1, 0.15) is 0 Å². The summed E-state index contributed by atoms with van der Waals surface area (Å²) in [5.41, 5.74) is 3.81. The minimum Gasteiger partial charge on any atom is -0.352 e. The molecule has 4 nitrogen and oxygen atoms in total. The van der Waals surface area contributed by atoms with Crippen molar-refractivity contribution >= 4 is 16.8 Å². The molecule has 0 spiro atoms. The molecule has 2 heterocycles. The van der Waals surface area contributed by atoms with Gasteiger partial charge in [0.25, 0.3) is 0 Å². The number of aromatic nitrogens is 1. The van der Waals surface area contributed by atoms with Gasteiger partial charge in [0.05, 0.1) is 12.6 Å². The second kappa shape index (κ2) is 8.01. The van der Waals surface area contributed by atoms with E-state index in [-0.39, 0.29) is 18.0 Å². The van der Waals surface area contributed by atoms with Crippen LogP contribution in [0, 0.1) is 17.8 Å². The molecule has 1 saturated carbocycles. The number of nitrogens with one attached hydrogen (secondary N) is 2. The molecule has 1 aromatic carbocycles. The van der Waals surface area contributed by atoms with E-state index in [0.29, 0.717) is 18.5 Å². The van der Waals surface area contributed by atoms with Gasteiger partial charge in [-0.25, -0.2) is 0 Å². The van der Waals surface area contributed by atoms with Crippen molar-refractivity contribution in [2.24, 2.45) is 5.92 Å². The topological polar surface area (TPSA) is 46.1 Å². The van der Waals surface area contributed by atoms with Crippen LogP contribution in [-0.2, 0) is 17.8 Å². The normalized spacial score (nSPS) is 21.7. The molecular formula is C24H31N3O. The van der Waals surface area contributed by atoms with Crippen LogP contribution in [0.4, 0.5) is 0 Å². The maximum Gasteiger partial charge on any atom is 0.237 e. The number of nitrogens with zero attached hydrogens (tertiary/aromatic N) is 1. The molecule has 1 aromatic heterocycles. The van der Waals surface area contributed by atoms with E-state index < -0.39 is 0 Å². The van der Waals surface area contributed by atoms with Gasteiger partial charge in [-0.2, -0.15) is 0 Å². The maximum absolute atomic E-state index is 13.0. The molecule has 4 rings (SSSR count). The van der Waals surface area contributed by atoms with E-state index in [2.05, 4.69) is 65.3 Å². The molecule has 1 aliphatic heterocycles. The molecule has 1 fully saturated rings. The predicted octanol–water partition coefficient (Wildman–Crippen LogP) is 3.93. The number of hydrogen-bond donors (Lipinski definition) is 2. The Bertz CT molecular complexity index is 926. The van der Waals surface area contributed by atoms with E-state index in [9.17, 15) is 4.79 Å². The van der Waals surface area contributed by atoms with Crippen LogP contribution in [0.15, 0.2) is 24.4 Å². The van der Waals surface area contributed by atoms with Gasteiger partial charge >= 0.3 is 0 Å². The Kier molecular flexibility index (Phi) is 5.46. The van der Waals surface area contributed by atoms with E-state index >= 15 is 0 Å². The molecule has 2 aromatic rings. The lowest BCUT2D eigenvalue weighted by atomic mass is 9.92. The van der Waals surface area contributed by atoms with Crippen molar-refractivity contribution in [2.75, 3.05) is 0 Å². The molecule has 4 heteroatoms. The molecule has 2 unspecified atom stereocenters. The zero-order valence-electron chi connectivity index (χ0n) is 17.2. The number of rotatable bonds is 5. The third kappa shape index (κ3) is 3.69. The quantitative estimate of drug-likeness (QED) is 0.776. The van der Waals surface area contributed by atoms with Crippen molar-refractivity contribution in [1.29, 1.82) is 0 Å². The van der Waals surface area contributed by atoms with Crippen molar-refractivity contribution in [3.8, 4) is 11.8 Å². The van der Waals surface area contributed by atoms with Crippen molar-refractivity contribution in [2.45, 2.75) is 77.5 Å². The number of amides is 1. The van der Waals surface area contributed by atoms with E-state index in [0.717, 1.165) is 25.7 Å². The number of carbonyl (C=O) groups excluding carboxylic acids is 1. The first kappa shape index (κ1) is 19.1. The van der Waals surface area contributed by atoms with E-state index in [1.807, 2.05) is 6.92 Å². The molecule has 28 heavy (non-hydrogen) atoms. The average Bonchev–Trinajstić information content (AvgIpc) is 2.90. The molecule has 0 radical (unpaired) electrons. The van der Waals surface area contributed by atoms with Crippen LogP contribution in [0.5, 0.6) is 0 Å². The highest BCUT2D eigenvalue weighted by atomic mass is 16.2. The van der Waals surface area contributed by atoms with Crippen LogP contribution in [-0.4, -0.2) is 22.6 Å². The Morgan fingerprint density at radius 1 is 1.36 bits per heavy atom. The minimum absolute atomic E-state index is 0.153. The molecule has 148 valence electrons. The zero-order chi connectivity index (χ0) is 19.7. The fourth-order valence-corrected chi connectivity index (χ4v) is 4.51. The summed E-state index contributed by atoms with van der Waals surface area (Å²) in [6, 6.07) is 6.92. The van der Waals surface area contributed by atoms with Crippen molar-refractivity contribution in [3.63, 3.8) is 0 Å². The highest BCUT2D eigenvalue weighted by Crippen LogP contribution is 2.35. The fraction of sp³-hybridized carbons (Fsp3) is 0.542. The Balaban J connectivity index is 1.73. The first-order valence-corrected chi connectivity index (χ1v) is 10.6. The number of carbonyl (C=O) groups is 1. The summed E-state index contributed by atoms with van der Waals surface area (Å²) in [7, 11) is 0. The fourth-order valence-electron chi connectivity index (χ4n) is 4.51. The third-order valence-electron chi connectivity index (χ3n) is 6.12. The van der Waals surface area contributed by atoms with Crippen molar-refractivity contribution < 1.29 is 4.79 Å². The summed E-state index contributed by atoms with van der Waals surface area (Å²) >= 11 is 0. The van der Waals surface area contributed by atoms with E-state index in [1.165, 1.54) is 28.5 Å². The van der Waals surface area contributed by atoms with Gasteiger partial charge in [0.15, 0.2) is 0 Å². The van der Waals surface area contributed by atoms with Crippen molar-refractivity contribution in [1.82, 2.24) is 15.2 Å². The standard InChI is InChI=1S/C24H31N3O/c1-4-5-12-27-15-17-14-21(24(28)25-18-8-6-9-18)26-20(13-16(2)3)19-10-7-11-22(27)23(17)19/h7,10-11,15-16,18,20-21,26H,6,8-9,12-14H2,1-3H3,(H,25,28). The first-order valence-electron chi connectivity index (χ1n) is 10.6. The summed E-state index contributed by atoms with van der Waals surface area (Å²) < 4.78 is 2.24. The molecule has 2 atom stereocenters. The Morgan fingerprint density at radius 3 is 2.86 bits per heavy atom. The van der Waals surface area contributed by atoms with Crippen LogP contribution in [0.3, 0.4) is 0 Å². The van der Waals surface area contributed by atoms with Gasteiger partial charge in [0.2, 0.25) is 5.91 Å². The SMILES string of the molecule is CC#CCn1cc2c3c(cccc31)C(CC(C)C)NC(C(=O)NC1CCC1)C2. The van der Waals surface area contributed by atoms with Crippen LogP contribution >= 0.6 is 0 Å². The summed E-state index contributed by atoms with van der Waals surface area (Å²) in [5.74, 6) is 6.89. The maximum atomic E-state index is 13.0. The van der Waals surface area contributed by atoms with Gasteiger partial charge in [-0.3, -0.25) is 10.1 Å². The summed E-state index contributed by atoms with van der Waals surface area (Å²) in [5, 5.41) is 8.28. The first-order chi connectivity index (χ1) is 13.6. The monoisotopic (exact) mass is 377 g/mol. The molecule has 1 amide bonds. The molecule has 0 bridgehead atoms. The van der Waals surface area contributed by atoms with Crippen LogP contribution < -0.4 is 10.6 Å². The lowest BCUT2D eigenvalue weighted by Crippen LogP contribution is -2.51. The smallest absolute Gasteiger partial charge is 0.237 e. The minimum atomic E-state index is -0.187. The van der Waals surface area contributed by atoms with Crippen LogP contribution in [0.25, 0.3) is 10.9 Å². The molecule has 2 N–H and O–H groups in total. The van der Waals surface area contributed by atoms with Gasteiger partial charge < -0.3 is 9.88 Å². The van der Waals surface area contributed by atoms with Gasteiger partial charge in [-0.15, -0.1) is 5.92 Å². The summed E-state index contributed by atoms with van der Waals surface area (Å²) in [6.07, 6.45) is 7.42. The predicted molar refractivity (Wildman–Crippen MR) is 114 cm³/mol. The van der Waals surface area contributed by atoms with Crippen LogP contribution in [0.2, 0.25) is 0 Å². The summed E-state index contributed by atoms with van der Waals surface area (Å²) in [4.78, 5) is 13.0. The van der Waals surface area contributed by atoms with Crippen LogP contribution in [0.1, 0.15) is 63.6 Å². The van der Waals surface area contributed by atoms with Gasteiger partial charge in [0, 0.05) is 29.2 Å². The highest BCUT2D eigenvalue weighted by Gasteiger charge is 2.32. The Morgan fingerprint density at radius 2 is 2.18 bits per heavy atom. The zero-order valence-corrected chi connectivity index (χ0v) is 17.2. The Labute approximate surface area is 168 Å². The molecule has 0 saturated heterocycles. The lowest BCUT2D eigenvalue weighted by molar-refractivity contribution is -0.124. The number of benzene rings is 1. The van der Waals surface area contributed by atoms with Gasteiger partial charge in [-0.1, -0.05) is 31.9 Å². The second-order valence-electron chi connectivity index (χ2n) is 8.69. The molecular weight excluding hydrogens is 346 g/mol. The molecule has 2 aliphatic rings. The highest BCUT2D eigenvalue weighted by molar-refractivity contribution is 5.90.